The quantitative estimate of drug-likeness (QED) is 0.769. The van der Waals surface area contributed by atoms with Gasteiger partial charge >= 0.3 is 0 Å². The number of hydrogen-bond acceptors (Lipinski definition) is 3. The maximum Gasteiger partial charge on any atom is 0.224 e. The zero-order valence-electron chi connectivity index (χ0n) is 17.1. The SMILES string of the molecule is O=C1CCCc2cc(C(O)CCN3CCC(Cc4ccccc4)CC3)ccc2N1. The van der Waals surface area contributed by atoms with E-state index in [0.717, 1.165) is 61.6 Å². The molecule has 1 saturated heterocycles. The second kappa shape index (κ2) is 9.55. The van der Waals surface area contributed by atoms with Crippen LogP contribution in [0, 0.1) is 5.92 Å². The van der Waals surface area contributed by atoms with E-state index in [1.807, 2.05) is 12.1 Å². The Morgan fingerprint density at radius 3 is 2.66 bits per heavy atom. The molecule has 0 spiro atoms. The van der Waals surface area contributed by atoms with Crippen LogP contribution >= 0.6 is 0 Å². The van der Waals surface area contributed by atoms with Gasteiger partial charge in [-0.25, -0.2) is 0 Å². The average molecular weight is 393 g/mol. The van der Waals surface area contributed by atoms with Crippen LogP contribution in [-0.2, 0) is 17.6 Å². The van der Waals surface area contributed by atoms with Crippen molar-refractivity contribution in [1.29, 1.82) is 0 Å². The molecule has 4 heteroatoms. The summed E-state index contributed by atoms with van der Waals surface area (Å²) in [5.74, 6) is 0.867. The number of aryl methyl sites for hydroxylation is 1. The van der Waals surface area contributed by atoms with E-state index >= 15 is 0 Å². The minimum atomic E-state index is -0.443. The summed E-state index contributed by atoms with van der Waals surface area (Å²) in [5, 5.41) is 13.7. The van der Waals surface area contributed by atoms with Gasteiger partial charge in [-0.3, -0.25) is 4.79 Å². The van der Waals surface area contributed by atoms with Crippen molar-refractivity contribution in [2.75, 3.05) is 25.0 Å². The number of piperidine rings is 1. The summed E-state index contributed by atoms with van der Waals surface area (Å²) in [7, 11) is 0. The van der Waals surface area contributed by atoms with Crippen molar-refractivity contribution < 1.29 is 9.90 Å². The molecule has 1 unspecified atom stereocenters. The van der Waals surface area contributed by atoms with Crippen LogP contribution in [0.2, 0.25) is 0 Å². The number of benzene rings is 2. The lowest BCUT2D eigenvalue weighted by atomic mass is 9.90. The number of hydrogen-bond donors (Lipinski definition) is 2. The lowest BCUT2D eigenvalue weighted by Gasteiger charge is -2.32. The molecule has 0 radical (unpaired) electrons. The van der Waals surface area contributed by atoms with Gasteiger partial charge < -0.3 is 15.3 Å². The smallest absolute Gasteiger partial charge is 0.224 e. The molecule has 1 atom stereocenters. The predicted molar refractivity (Wildman–Crippen MR) is 117 cm³/mol. The van der Waals surface area contributed by atoms with E-state index < -0.39 is 6.10 Å². The molecule has 2 aliphatic rings. The highest BCUT2D eigenvalue weighted by Crippen LogP contribution is 2.28. The van der Waals surface area contributed by atoms with Crippen molar-refractivity contribution in [2.24, 2.45) is 5.92 Å². The normalized spacial score (nSPS) is 19.3. The Kier molecular flexibility index (Phi) is 6.63. The van der Waals surface area contributed by atoms with Gasteiger partial charge in [-0.05, 0) is 80.3 Å². The third kappa shape index (κ3) is 5.46. The molecule has 0 aliphatic carbocycles. The number of carbonyl (C=O) groups is 1. The topological polar surface area (TPSA) is 52.6 Å². The highest BCUT2D eigenvalue weighted by atomic mass is 16.3. The first-order chi connectivity index (χ1) is 14.2. The fourth-order valence-electron chi connectivity index (χ4n) is 4.63. The minimum Gasteiger partial charge on any atom is -0.388 e. The van der Waals surface area contributed by atoms with Crippen molar-refractivity contribution in [3.8, 4) is 0 Å². The minimum absolute atomic E-state index is 0.0905. The molecular weight excluding hydrogens is 360 g/mol. The number of nitrogens with one attached hydrogen (secondary N) is 1. The molecular formula is C25H32N2O2. The molecule has 2 aromatic carbocycles. The van der Waals surface area contributed by atoms with E-state index in [2.05, 4.69) is 46.6 Å². The van der Waals surface area contributed by atoms with E-state index in [4.69, 9.17) is 0 Å². The van der Waals surface area contributed by atoms with Crippen LogP contribution in [0.5, 0.6) is 0 Å². The van der Waals surface area contributed by atoms with Crippen molar-refractivity contribution in [1.82, 2.24) is 4.90 Å². The van der Waals surface area contributed by atoms with Gasteiger partial charge in [0.15, 0.2) is 0 Å². The first-order valence-electron chi connectivity index (χ1n) is 11.0. The van der Waals surface area contributed by atoms with Crippen LogP contribution in [0.3, 0.4) is 0 Å². The number of amides is 1. The predicted octanol–water partition coefficient (Wildman–Crippen LogP) is 4.34. The second-order valence-electron chi connectivity index (χ2n) is 8.60. The number of rotatable bonds is 6. The number of likely N-dealkylation sites (tertiary alicyclic amines) is 1. The van der Waals surface area contributed by atoms with Crippen LogP contribution in [0.25, 0.3) is 0 Å². The second-order valence-corrected chi connectivity index (χ2v) is 8.60. The van der Waals surface area contributed by atoms with Gasteiger partial charge in [0.1, 0.15) is 0 Å². The lowest BCUT2D eigenvalue weighted by molar-refractivity contribution is -0.116. The van der Waals surface area contributed by atoms with Crippen LogP contribution in [-0.4, -0.2) is 35.5 Å². The molecule has 154 valence electrons. The molecule has 2 aliphatic heterocycles. The maximum atomic E-state index is 11.7. The molecule has 1 fully saturated rings. The van der Waals surface area contributed by atoms with E-state index in [0.29, 0.717) is 6.42 Å². The van der Waals surface area contributed by atoms with Gasteiger partial charge in [-0.15, -0.1) is 0 Å². The van der Waals surface area contributed by atoms with Gasteiger partial charge in [0.2, 0.25) is 5.91 Å². The van der Waals surface area contributed by atoms with E-state index in [1.165, 1.54) is 24.8 Å². The Bertz CT molecular complexity index is 813. The third-order valence-electron chi connectivity index (χ3n) is 6.43. The number of nitrogens with zero attached hydrogens (tertiary/aromatic N) is 1. The van der Waals surface area contributed by atoms with Crippen LogP contribution in [0.4, 0.5) is 5.69 Å². The highest BCUT2D eigenvalue weighted by Gasteiger charge is 2.21. The first-order valence-corrected chi connectivity index (χ1v) is 11.0. The van der Waals surface area contributed by atoms with E-state index in [1.54, 1.807) is 0 Å². The standard InChI is InChI=1S/C25H32N2O2/c28-24(22-9-10-23-21(18-22)7-4-8-25(29)26-23)13-16-27-14-11-20(12-15-27)17-19-5-2-1-3-6-19/h1-3,5-6,9-10,18,20,24,28H,4,7-8,11-17H2,(H,26,29). The van der Waals surface area contributed by atoms with Gasteiger partial charge in [-0.2, -0.15) is 0 Å². The molecule has 29 heavy (non-hydrogen) atoms. The lowest BCUT2D eigenvalue weighted by Crippen LogP contribution is -2.35. The third-order valence-corrected chi connectivity index (χ3v) is 6.43. The first kappa shape index (κ1) is 20.1. The van der Waals surface area contributed by atoms with Crippen molar-refractivity contribution in [3.05, 3.63) is 65.2 Å². The Balaban J connectivity index is 1.25. The van der Waals surface area contributed by atoms with Crippen LogP contribution in [0.15, 0.2) is 48.5 Å². The van der Waals surface area contributed by atoms with Crippen molar-refractivity contribution >= 4 is 11.6 Å². The average Bonchev–Trinajstić information content (AvgIpc) is 2.93. The summed E-state index contributed by atoms with van der Waals surface area (Å²) < 4.78 is 0. The Morgan fingerprint density at radius 2 is 1.86 bits per heavy atom. The fraction of sp³-hybridized carbons (Fsp3) is 0.480. The molecule has 2 aromatic rings. The van der Waals surface area contributed by atoms with Gasteiger partial charge in [0.05, 0.1) is 6.10 Å². The van der Waals surface area contributed by atoms with Gasteiger partial charge in [0, 0.05) is 18.7 Å². The molecule has 0 aromatic heterocycles. The van der Waals surface area contributed by atoms with Gasteiger partial charge in [-0.1, -0.05) is 42.5 Å². The summed E-state index contributed by atoms with van der Waals surface area (Å²) in [5.41, 5.74) is 4.47. The molecule has 4 nitrogen and oxygen atoms in total. The van der Waals surface area contributed by atoms with Crippen molar-refractivity contribution in [2.45, 2.75) is 51.0 Å². The maximum absolute atomic E-state index is 11.7. The van der Waals surface area contributed by atoms with Crippen LogP contribution < -0.4 is 5.32 Å². The fourth-order valence-corrected chi connectivity index (χ4v) is 4.63. The zero-order valence-corrected chi connectivity index (χ0v) is 17.1. The summed E-state index contributed by atoms with van der Waals surface area (Å²) in [6, 6.07) is 16.8. The monoisotopic (exact) mass is 392 g/mol. The molecule has 1 amide bonds. The Labute approximate surface area is 173 Å². The summed E-state index contributed by atoms with van der Waals surface area (Å²) in [4.78, 5) is 14.2. The zero-order chi connectivity index (χ0) is 20.1. The Hall–Kier alpha value is -2.17. The summed E-state index contributed by atoms with van der Waals surface area (Å²) in [6.45, 7) is 3.19. The van der Waals surface area contributed by atoms with E-state index in [-0.39, 0.29) is 5.91 Å². The largest absolute Gasteiger partial charge is 0.388 e. The van der Waals surface area contributed by atoms with Crippen LogP contribution in [0.1, 0.15) is 54.9 Å². The number of fused-ring (bicyclic) bond motifs is 1. The highest BCUT2D eigenvalue weighted by molar-refractivity contribution is 5.92. The Morgan fingerprint density at radius 1 is 1.07 bits per heavy atom. The number of anilines is 1. The molecule has 0 saturated carbocycles. The van der Waals surface area contributed by atoms with Crippen molar-refractivity contribution in [3.63, 3.8) is 0 Å². The number of aliphatic hydroxyl groups excluding tert-OH is 1. The molecule has 0 bridgehead atoms. The number of carbonyl (C=O) groups excluding carboxylic acids is 1. The number of aliphatic hydroxyl groups is 1. The molecule has 2 N–H and O–H groups in total. The summed E-state index contributed by atoms with van der Waals surface area (Å²) in [6.07, 6.45) is 6.32. The van der Waals surface area contributed by atoms with E-state index in [9.17, 15) is 9.90 Å². The summed E-state index contributed by atoms with van der Waals surface area (Å²) >= 11 is 0. The molecule has 4 rings (SSSR count). The molecule has 2 heterocycles. The van der Waals surface area contributed by atoms with Gasteiger partial charge in [0.25, 0.3) is 0 Å².